The summed E-state index contributed by atoms with van der Waals surface area (Å²) >= 11 is 0. The summed E-state index contributed by atoms with van der Waals surface area (Å²) in [5.41, 5.74) is 4.62. The molecule has 0 unspecified atom stereocenters. The maximum atomic E-state index is 12.3. The largest absolute Gasteiger partial charge is 0.484 e. The Kier molecular flexibility index (Phi) is 4.25. The van der Waals surface area contributed by atoms with E-state index < -0.39 is 0 Å². The summed E-state index contributed by atoms with van der Waals surface area (Å²) in [6.45, 7) is 0.633. The topological polar surface area (TPSA) is 84.7 Å². The molecule has 0 saturated carbocycles. The Labute approximate surface area is 133 Å². The number of nitrogens with two attached hydrogens (primary N) is 1. The third-order valence-corrected chi connectivity index (χ3v) is 3.80. The first-order valence-corrected chi connectivity index (χ1v) is 7.31. The Balaban J connectivity index is 1.61. The van der Waals surface area contributed by atoms with Gasteiger partial charge in [-0.2, -0.15) is 0 Å². The molecule has 1 aliphatic rings. The molecule has 0 fully saturated rings. The number of ether oxygens (including phenoxy) is 1. The van der Waals surface area contributed by atoms with Gasteiger partial charge in [0.1, 0.15) is 5.75 Å². The number of hydrazine groups is 1. The molecule has 0 atom stereocenters. The van der Waals surface area contributed by atoms with E-state index in [1.54, 1.807) is 29.2 Å². The van der Waals surface area contributed by atoms with E-state index in [0.29, 0.717) is 17.9 Å². The number of carbonyl (C=O) groups excluding carboxylic acids is 2. The average Bonchev–Trinajstić information content (AvgIpc) is 3.03. The molecule has 6 nitrogen and oxygen atoms in total. The van der Waals surface area contributed by atoms with E-state index in [2.05, 4.69) is 5.43 Å². The van der Waals surface area contributed by atoms with Crippen LogP contribution in [0.25, 0.3) is 0 Å². The average molecular weight is 311 g/mol. The van der Waals surface area contributed by atoms with Crippen molar-refractivity contribution in [3.8, 4) is 5.75 Å². The summed E-state index contributed by atoms with van der Waals surface area (Å²) in [5.74, 6) is 5.14. The smallest absolute Gasteiger partial charge is 0.265 e. The second-order valence-electron chi connectivity index (χ2n) is 5.21. The Morgan fingerprint density at radius 2 is 1.87 bits per heavy atom. The molecule has 0 aromatic heterocycles. The van der Waals surface area contributed by atoms with Crippen molar-refractivity contribution in [2.75, 3.05) is 18.1 Å². The summed E-state index contributed by atoms with van der Waals surface area (Å²) in [4.78, 5) is 25.4. The number of nitrogen functional groups attached to an aromatic ring is 1. The molecule has 0 bridgehead atoms. The zero-order valence-corrected chi connectivity index (χ0v) is 12.5. The van der Waals surface area contributed by atoms with Gasteiger partial charge >= 0.3 is 0 Å². The van der Waals surface area contributed by atoms with E-state index in [1.165, 1.54) is 5.56 Å². The maximum Gasteiger partial charge on any atom is 0.265 e. The molecule has 3 N–H and O–H groups in total. The van der Waals surface area contributed by atoms with E-state index in [1.807, 2.05) is 24.3 Å². The molecule has 0 spiro atoms. The molecule has 23 heavy (non-hydrogen) atoms. The number of nitrogens with zero attached hydrogens (tertiary/aromatic N) is 1. The van der Waals surface area contributed by atoms with Crippen molar-refractivity contribution >= 4 is 17.5 Å². The Hall–Kier alpha value is -2.86. The molecule has 0 aliphatic carbocycles. The predicted molar refractivity (Wildman–Crippen MR) is 86.1 cm³/mol. The minimum absolute atomic E-state index is 0.0449. The summed E-state index contributed by atoms with van der Waals surface area (Å²) in [7, 11) is 0. The number of rotatable bonds is 4. The van der Waals surface area contributed by atoms with Crippen molar-refractivity contribution in [1.29, 1.82) is 0 Å². The van der Waals surface area contributed by atoms with E-state index in [9.17, 15) is 9.59 Å². The molecule has 6 heteroatoms. The third-order valence-electron chi connectivity index (χ3n) is 3.80. The number of carbonyl (C=O) groups is 2. The fraction of sp³-hybridized carbons (Fsp3) is 0.176. The highest BCUT2D eigenvalue weighted by atomic mass is 16.5. The van der Waals surface area contributed by atoms with Crippen LogP contribution >= 0.6 is 0 Å². The zero-order chi connectivity index (χ0) is 16.2. The van der Waals surface area contributed by atoms with Gasteiger partial charge in [0.25, 0.3) is 11.8 Å². The van der Waals surface area contributed by atoms with E-state index >= 15 is 0 Å². The van der Waals surface area contributed by atoms with Crippen LogP contribution in [0.5, 0.6) is 5.75 Å². The number of nitrogens with one attached hydrogen (secondary N) is 1. The van der Waals surface area contributed by atoms with Crippen LogP contribution in [0.3, 0.4) is 0 Å². The highest BCUT2D eigenvalue weighted by Crippen LogP contribution is 2.27. The summed E-state index contributed by atoms with van der Waals surface area (Å²) < 4.78 is 5.51. The number of fused-ring (bicyclic) bond motifs is 1. The van der Waals surface area contributed by atoms with Crippen LogP contribution < -0.4 is 20.9 Å². The highest BCUT2D eigenvalue weighted by molar-refractivity contribution is 5.96. The number of anilines is 1. The lowest BCUT2D eigenvalue weighted by atomic mass is 10.2. The lowest BCUT2D eigenvalue weighted by Gasteiger charge is -2.17. The van der Waals surface area contributed by atoms with Gasteiger partial charge in [0.2, 0.25) is 0 Å². The number of hydrogen-bond acceptors (Lipinski definition) is 4. The molecule has 1 heterocycles. The van der Waals surface area contributed by atoms with Gasteiger partial charge < -0.3 is 9.64 Å². The predicted octanol–water partition coefficient (Wildman–Crippen LogP) is 1.26. The highest BCUT2D eigenvalue weighted by Gasteiger charge is 2.24. The molecule has 0 radical (unpaired) electrons. The van der Waals surface area contributed by atoms with Gasteiger partial charge in [-0.1, -0.05) is 18.2 Å². The standard InChI is InChI=1S/C17H17N3O3/c18-19-17(22)13-5-7-14(8-6-13)23-11-16(21)20-10-9-12-3-1-2-4-15(12)20/h1-8H,9-11,18H2,(H,19,22). The third kappa shape index (κ3) is 3.17. The van der Waals surface area contributed by atoms with Crippen molar-refractivity contribution in [3.05, 3.63) is 59.7 Å². The molecule has 3 rings (SSSR count). The maximum absolute atomic E-state index is 12.3. The molecule has 118 valence electrons. The quantitative estimate of drug-likeness (QED) is 0.506. The van der Waals surface area contributed by atoms with Crippen molar-refractivity contribution < 1.29 is 14.3 Å². The van der Waals surface area contributed by atoms with Crippen LogP contribution in [0.2, 0.25) is 0 Å². The summed E-state index contributed by atoms with van der Waals surface area (Å²) in [5, 5.41) is 0. The Morgan fingerprint density at radius 3 is 2.61 bits per heavy atom. The van der Waals surface area contributed by atoms with Crippen LogP contribution in [0.1, 0.15) is 15.9 Å². The first kappa shape index (κ1) is 15.1. The first-order valence-electron chi connectivity index (χ1n) is 7.31. The van der Waals surface area contributed by atoms with Crippen LogP contribution in [-0.4, -0.2) is 25.0 Å². The van der Waals surface area contributed by atoms with E-state index in [-0.39, 0.29) is 18.4 Å². The van der Waals surface area contributed by atoms with Crippen LogP contribution in [-0.2, 0) is 11.2 Å². The lowest BCUT2D eigenvalue weighted by Crippen LogP contribution is -2.33. The summed E-state index contributed by atoms with van der Waals surface area (Å²) in [6.07, 6.45) is 0.866. The summed E-state index contributed by atoms with van der Waals surface area (Å²) in [6, 6.07) is 14.3. The molecule has 2 amide bonds. The number of amides is 2. The molecular weight excluding hydrogens is 294 g/mol. The lowest BCUT2D eigenvalue weighted by molar-refractivity contribution is -0.120. The van der Waals surface area contributed by atoms with Gasteiger partial charge in [0.05, 0.1) is 0 Å². The van der Waals surface area contributed by atoms with Crippen LogP contribution in [0, 0.1) is 0 Å². The van der Waals surface area contributed by atoms with Crippen molar-refractivity contribution in [2.45, 2.75) is 6.42 Å². The van der Waals surface area contributed by atoms with Gasteiger partial charge in [0.15, 0.2) is 6.61 Å². The second kappa shape index (κ2) is 6.50. The van der Waals surface area contributed by atoms with E-state index in [4.69, 9.17) is 10.6 Å². The Morgan fingerprint density at radius 1 is 1.13 bits per heavy atom. The molecule has 2 aromatic carbocycles. The van der Waals surface area contributed by atoms with Gasteiger partial charge in [-0.15, -0.1) is 0 Å². The number of benzene rings is 2. The SMILES string of the molecule is NNC(=O)c1ccc(OCC(=O)N2CCc3ccccc32)cc1. The van der Waals surface area contributed by atoms with Gasteiger partial charge in [-0.25, -0.2) is 5.84 Å². The van der Waals surface area contributed by atoms with Crippen LogP contribution in [0.4, 0.5) is 5.69 Å². The second-order valence-corrected chi connectivity index (χ2v) is 5.21. The first-order chi connectivity index (χ1) is 11.2. The van der Waals surface area contributed by atoms with Gasteiger partial charge in [-0.3, -0.25) is 15.0 Å². The normalized spacial score (nSPS) is 12.7. The number of hydrogen-bond donors (Lipinski definition) is 2. The molecule has 0 saturated heterocycles. The van der Waals surface area contributed by atoms with Gasteiger partial charge in [-0.05, 0) is 42.3 Å². The van der Waals surface area contributed by atoms with Gasteiger partial charge in [0, 0.05) is 17.8 Å². The van der Waals surface area contributed by atoms with Crippen LogP contribution in [0.15, 0.2) is 48.5 Å². The molecule has 2 aromatic rings. The molecule has 1 aliphatic heterocycles. The zero-order valence-electron chi connectivity index (χ0n) is 12.5. The fourth-order valence-corrected chi connectivity index (χ4v) is 2.61. The van der Waals surface area contributed by atoms with Crippen molar-refractivity contribution in [3.63, 3.8) is 0 Å². The minimum Gasteiger partial charge on any atom is -0.484 e. The minimum atomic E-state index is -0.374. The van der Waals surface area contributed by atoms with Crippen molar-refractivity contribution in [2.24, 2.45) is 5.84 Å². The van der Waals surface area contributed by atoms with E-state index in [0.717, 1.165) is 12.1 Å². The fourth-order valence-electron chi connectivity index (χ4n) is 2.61. The molecular formula is C17H17N3O3. The number of para-hydroxylation sites is 1. The van der Waals surface area contributed by atoms with Crippen molar-refractivity contribution in [1.82, 2.24) is 5.43 Å². The Bertz CT molecular complexity index is 728. The monoisotopic (exact) mass is 311 g/mol.